The van der Waals surface area contributed by atoms with Gasteiger partial charge >= 0.3 is 0 Å². The van der Waals surface area contributed by atoms with Crippen LogP contribution in [0.3, 0.4) is 0 Å². The van der Waals surface area contributed by atoms with Crippen LogP contribution < -0.4 is 0 Å². The first kappa shape index (κ1) is 16.5. The minimum atomic E-state index is 0.571. The maximum Gasteiger partial charge on any atom is 0.0659 e. The van der Waals surface area contributed by atoms with Gasteiger partial charge in [-0.2, -0.15) is 5.10 Å². The Bertz CT molecular complexity index is 442. The molecule has 1 saturated heterocycles. The summed E-state index contributed by atoms with van der Waals surface area (Å²) in [6.45, 7) is 19.4. The van der Waals surface area contributed by atoms with Crippen molar-refractivity contribution in [2.45, 2.75) is 53.5 Å². The van der Waals surface area contributed by atoms with Crippen molar-refractivity contribution < 1.29 is 0 Å². The van der Waals surface area contributed by atoms with Crippen LogP contribution in [0.5, 0.6) is 0 Å². The van der Waals surface area contributed by atoms with Gasteiger partial charge in [0, 0.05) is 38.4 Å². The molecule has 1 aromatic heterocycles. The molecule has 0 aliphatic carbocycles. The summed E-state index contributed by atoms with van der Waals surface area (Å²) in [5.74, 6) is 0.571. The van der Waals surface area contributed by atoms with Crippen LogP contribution in [0, 0.1) is 6.92 Å². The van der Waals surface area contributed by atoms with Crippen LogP contribution in [0.25, 0.3) is 0 Å². The van der Waals surface area contributed by atoms with Crippen LogP contribution in [-0.4, -0.2) is 58.8 Å². The van der Waals surface area contributed by atoms with E-state index in [0.29, 0.717) is 5.92 Å². The van der Waals surface area contributed by atoms with E-state index in [1.54, 1.807) is 0 Å². The van der Waals surface area contributed by atoms with Crippen LogP contribution >= 0.6 is 0 Å². The molecule has 120 valence electrons. The molecule has 2 heterocycles. The lowest BCUT2D eigenvalue weighted by Gasteiger charge is -2.34. The summed E-state index contributed by atoms with van der Waals surface area (Å²) in [5.41, 5.74) is 4.13. The van der Waals surface area contributed by atoms with Gasteiger partial charge in [0.25, 0.3) is 0 Å². The molecule has 1 aliphatic rings. The lowest BCUT2D eigenvalue weighted by molar-refractivity contribution is 0.132. The van der Waals surface area contributed by atoms with Crippen molar-refractivity contribution in [3.05, 3.63) is 17.0 Å². The number of hydrogen-bond acceptors (Lipinski definition) is 3. The SMILES string of the molecule is CCc1nn(CCN2CCN(CC)CC2)c(C)c1C(C)C. The molecule has 0 bridgehead atoms. The summed E-state index contributed by atoms with van der Waals surface area (Å²) in [6.07, 6.45) is 1.04. The van der Waals surface area contributed by atoms with E-state index in [1.807, 2.05) is 0 Å². The number of piperazine rings is 1. The van der Waals surface area contributed by atoms with Gasteiger partial charge in [0.1, 0.15) is 0 Å². The highest BCUT2D eigenvalue weighted by atomic mass is 15.3. The van der Waals surface area contributed by atoms with Crippen molar-refractivity contribution in [3.8, 4) is 0 Å². The Morgan fingerprint density at radius 1 is 1.00 bits per heavy atom. The Hall–Kier alpha value is -0.870. The summed E-state index contributed by atoms with van der Waals surface area (Å²) < 4.78 is 2.24. The number of nitrogens with zero attached hydrogens (tertiary/aromatic N) is 4. The topological polar surface area (TPSA) is 24.3 Å². The molecule has 0 aromatic carbocycles. The zero-order valence-corrected chi connectivity index (χ0v) is 14.5. The van der Waals surface area contributed by atoms with Crippen molar-refractivity contribution in [2.75, 3.05) is 39.3 Å². The summed E-state index contributed by atoms with van der Waals surface area (Å²) >= 11 is 0. The smallest absolute Gasteiger partial charge is 0.0659 e. The molecule has 1 aliphatic heterocycles. The monoisotopic (exact) mass is 292 g/mol. The van der Waals surface area contributed by atoms with Crippen molar-refractivity contribution in [1.82, 2.24) is 19.6 Å². The van der Waals surface area contributed by atoms with Crippen molar-refractivity contribution >= 4 is 0 Å². The Kier molecular flexibility index (Phi) is 5.82. The number of aryl methyl sites for hydroxylation is 1. The fourth-order valence-electron chi connectivity index (χ4n) is 3.42. The van der Waals surface area contributed by atoms with Crippen LogP contribution in [0.4, 0.5) is 0 Å². The number of likely N-dealkylation sites (N-methyl/N-ethyl adjacent to an activating group) is 1. The van der Waals surface area contributed by atoms with E-state index in [0.717, 1.165) is 19.5 Å². The van der Waals surface area contributed by atoms with Gasteiger partial charge in [-0.25, -0.2) is 0 Å². The molecule has 1 aromatic rings. The third-order valence-electron chi connectivity index (χ3n) is 4.78. The van der Waals surface area contributed by atoms with Crippen LogP contribution in [0.1, 0.15) is 50.6 Å². The largest absolute Gasteiger partial charge is 0.301 e. The molecule has 2 rings (SSSR count). The minimum Gasteiger partial charge on any atom is -0.301 e. The number of hydrogen-bond donors (Lipinski definition) is 0. The Labute approximate surface area is 130 Å². The van der Waals surface area contributed by atoms with Gasteiger partial charge in [-0.15, -0.1) is 0 Å². The second-order valence-electron chi connectivity index (χ2n) is 6.45. The summed E-state index contributed by atoms with van der Waals surface area (Å²) in [4.78, 5) is 5.11. The zero-order valence-electron chi connectivity index (χ0n) is 14.5. The minimum absolute atomic E-state index is 0.571. The highest BCUT2D eigenvalue weighted by molar-refractivity contribution is 5.28. The van der Waals surface area contributed by atoms with Crippen LogP contribution in [0.2, 0.25) is 0 Å². The Morgan fingerprint density at radius 3 is 2.10 bits per heavy atom. The standard InChI is InChI=1S/C17H32N4/c1-6-16-17(14(3)4)15(5)21(18-16)13-12-20-10-8-19(7-2)9-11-20/h14H,6-13H2,1-5H3. The van der Waals surface area contributed by atoms with E-state index in [2.05, 4.69) is 49.1 Å². The van der Waals surface area contributed by atoms with Gasteiger partial charge in [0.05, 0.1) is 12.2 Å². The third-order valence-corrected chi connectivity index (χ3v) is 4.78. The molecule has 1 fully saturated rings. The Balaban J connectivity index is 1.95. The molecule has 0 radical (unpaired) electrons. The van der Waals surface area contributed by atoms with Gasteiger partial charge in [-0.1, -0.05) is 27.7 Å². The first-order chi connectivity index (χ1) is 10.1. The van der Waals surface area contributed by atoms with E-state index >= 15 is 0 Å². The molecule has 0 saturated carbocycles. The second kappa shape index (κ2) is 7.41. The zero-order chi connectivity index (χ0) is 15.4. The maximum atomic E-state index is 4.84. The van der Waals surface area contributed by atoms with Crippen LogP contribution in [0.15, 0.2) is 0 Å². The van der Waals surface area contributed by atoms with Crippen LogP contribution in [-0.2, 0) is 13.0 Å². The molecule has 0 spiro atoms. The average Bonchev–Trinajstić information content (AvgIpc) is 2.82. The summed E-state index contributed by atoms with van der Waals surface area (Å²) in [6, 6.07) is 0. The van der Waals surface area contributed by atoms with Gasteiger partial charge in [0.2, 0.25) is 0 Å². The van der Waals surface area contributed by atoms with Gasteiger partial charge in [0.15, 0.2) is 0 Å². The predicted molar refractivity (Wildman–Crippen MR) is 89.0 cm³/mol. The van der Waals surface area contributed by atoms with Gasteiger partial charge < -0.3 is 4.90 Å². The normalized spacial score (nSPS) is 17.8. The van der Waals surface area contributed by atoms with Crippen molar-refractivity contribution in [1.29, 1.82) is 0 Å². The predicted octanol–water partition coefficient (Wildman–Crippen LogP) is 2.51. The molecule has 0 unspecified atom stereocenters. The molecule has 0 amide bonds. The lowest BCUT2D eigenvalue weighted by atomic mass is 10.00. The quantitative estimate of drug-likeness (QED) is 0.805. The molecular formula is C17H32N4. The fourth-order valence-corrected chi connectivity index (χ4v) is 3.42. The first-order valence-electron chi connectivity index (χ1n) is 8.57. The number of aromatic nitrogens is 2. The molecule has 0 N–H and O–H groups in total. The van der Waals surface area contributed by atoms with E-state index in [-0.39, 0.29) is 0 Å². The molecule has 0 atom stereocenters. The van der Waals surface area contributed by atoms with Crippen molar-refractivity contribution in [2.24, 2.45) is 0 Å². The van der Waals surface area contributed by atoms with Crippen molar-refractivity contribution in [3.63, 3.8) is 0 Å². The molecular weight excluding hydrogens is 260 g/mol. The Morgan fingerprint density at radius 2 is 1.62 bits per heavy atom. The van der Waals surface area contributed by atoms with Gasteiger partial charge in [-0.3, -0.25) is 9.58 Å². The third kappa shape index (κ3) is 3.86. The maximum absolute atomic E-state index is 4.84. The first-order valence-corrected chi connectivity index (χ1v) is 8.57. The van der Waals surface area contributed by atoms with E-state index in [1.165, 1.54) is 49.7 Å². The summed E-state index contributed by atoms with van der Waals surface area (Å²) in [7, 11) is 0. The number of rotatable bonds is 6. The highest BCUT2D eigenvalue weighted by Crippen LogP contribution is 2.23. The fraction of sp³-hybridized carbons (Fsp3) is 0.824. The lowest BCUT2D eigenvalue weighted by Crippen LogP contribution is -2.47. The van der Waals surface area contributed by atoms with Gasteiger partial charge in [-0.05, 0) is 31.4 Å². The van der Waals surface area contributed by atoms with E-state index in [9.17, 15) is 0 Å². The molecule has 21 heavy (non-hydrogen) atoms. The highest BCUT2D eigenvalue weighted by Gasteiger charge is 2.18. The summed E-state index contributed by atoms with van der Waals surface area (Å²) in [5, 5.41) is 4.84. The second-order valence-corrected chi connectivity index (χ2v) is 6.45. The molecule has 4 heteroatoms. The van der Waals surface area contributed by atoms with E-state index < -0.39 is 0 Å². The molecule has 4 nitrogen and oxygen atoms in total. The van der Waals surface area contributed by atoms with E-state index in [4.69, 9.17) is 5.10 Å². The average molecular weight is 292 g/mol.